The highest BCUT2D eigenvalue weighted by atomic mass is 32.2. The Hall–Kier alpha value is -1.23. The van der Waals surface area contributed by atoms with E-state index < -0.39 is 5.92 Å². The van der Waals surface area contributed by atoms with E-state index >= 15 is 0 Å². The summed E-state index contributed by atoms with van der Waals surface area (Å²) in [6.45, 7) is 6.01. The SMILES string of the molecule is CC.O=C(NC1CC2CCC(C1)N2SC1CCC(NCC2CC(F)(F)C2)CC1)c1cc(C2COC2)on1. The van der Waals surface area contributed by atoms with E-state index in [9.17, 15) is 13.6 Å². The first-order valence-corrected chi connectivity index (χ1v) is 15.2. The van der Waals surface area contributed by atoms with Crippen LogP contribution in [0.3, 0.4) is 0 Å². The van der Waals surface area contributed by atoms with E-state index in [2.05, 4.69) is 20.1 Å². The van der Waals surface area contributed by atoms with Crippen LogP contribution in [-0.2, 0) is 4.74 Å². The number of hydrogen-bond acceptors (Lipinski definition) is 7. The minimum Gasteiger partial charge on any atom is -0.380 e. The van der Waals surface area contributed by atoms with E-state index in [4.69, 9.17) is 9.26 Å². The molecule has 1 amide bonds. The van der Waals surface area contributed by atoms with Crippen LogP contribution in [0.1, 0.15) is 100 Å². The summed E-state index contributed by atoms with van der Waals surface area (Å²) in [6.07, 6.45) is 9.11. The first-order valence-electron chi connectivity index (χ1n) is 14.3. The number of piperidine rings is 1. The summed E-state index contributed by atoms with van der Waals surface area (Å²) in [5.41, 5.74) is 0.368. The molecule has 3 saturated heterocycles. The Kier molecular flexibility index (Phi) is 8.78. The van der Waals surface area contributed by atoms with Crippen LogP contribution in [0.15, 0.2) is 10.6 Å². The van der Waals surface area contributed by atoms with Gasteiger partial charge < -0.3 is 19.9 Å². The van der Waals surface area contributed by atoms with Gasteiger partial charge >= 0.3 is 0 Å². The van der Waals surface area contributed by atoms with E-state index in [1.54, 1.807) is 6.07 Å². The van der Waals surface area contributed by atoms with Gasteiger partial charge in [-0.15, -0.1) is 0 Å². The second kappa shape index (κ2) is 11.9. The molecule has 2 atom stereocenters. The summed E-state index contributed by atoms with van der Waals surface area (Å²) in [4.78, 5) is 12.7. The van der Waals surface area contributed by atoms with E-state index in [-0.39, 0.29) is 36.6 Å². The molecule has 2 saturated carbocycles. The summed E-state index contributed by atoms with van der Waals surface area (Å²) in [6, 6.07) is 3.45. The molecule has 0 spiro atoms. The lowest BCUT2D eigenvalue weighted by Crippen LogP contribution is -2.48. The van der Waals surface area contributed by atoms with Crippen molar-refractivity contribution in [3.63, 3.8) is 0 Å². The number of aromatic nitrogens is 1. The van der Waals surface area contributed by atoms with Crippen LogP contribution < -0.4 is 10.6 Å². The Labute approximate surface area is 223 Å². The van der Waals surface area contributed by atoms with Gasteiger partial charge in [-0.2, -0.15) is 0 Å². The smallest absolute Gasteiger partial charge is 0.273 e. The average Bonchev–Trinajstić information content (AvgIpc) is 3.39. The molecule has 5 aliphatic rings. The quantitative estimate of drug-likeness (QED) is 0.443. The molecule has 208 valence electrons. The summed E-state index contributed by atoms with van der Waals surface area (Å²) in [5.74, 6) is -1.44. The van der Waals surface area contributed by atoms with Gasteiger partial charge in [0, 0.05) is 48.3 Å². The van der Waals surface area contributed by atoms with Crippen molar-refractivity contribution in [3.05, 3.63) is 17.5 Å². The average molecular weight is 541 g/mol. The summed E-state index contributed by atoms with van der Waals surface area (Å²) in [5, 5.41) is 11.4. The van der Waals surface area contributed by atoms with Crippen LogP contribution in [0.4, 0.5) is 8.78 Å². The van der Waals surface area contributed by atoms with Crippen LogP contribution in [-0.4, -0.2) is 70.5 Å². The maximum Gasteiger partial charge on any atom is 0.273 e. The molecule has 10 heteroatoms. The number of ether oxygens (including phenoxy) is 1. The van der Waals surface area contributed by atoms with Crippen molar-refractivity contribution in [3.8, 4) is 0 Å². The minimum atomic E-state index is -2.42. The summed E-state index contributed by atoms with van der Waals surface area (Å²) in [7, 11) is 0. The topological polar surface area (TPSA) is 79.6 Å². The normalized spacial score (nSPS) is 33.7. The monoisotopic (exact) mass is 540 g/mol. The van der Waals surface area contributed by atoms with E-state index in [0.717, 1.165) is 38.0 Å². The molecule has 0 aromatic carbocycles. The fourth-order valence-electron chi connectivity index (χ4n) is 6.48. The third kappa shape index (κ3) is 6.50. The Bertz CT molecular complexity index is 884. The van der Waals surface area contributed by atoms with Crippen LogP contribution >= 0.6 is 11.9 Å². The highest BCUT2D eigenvalue weighted by Crippen LogP contribution is 2.45. The lowest BCUT2D eigenvalue weighted by atomic mass is 9.81. The standard InChI is InChI=1S/C25H36F2N4O3S.C2H6/c26-25(27)10-15(11-25)12-28-17-1-5-21(6-2-17)35-31-19-3-4-20(31)8-18(7-19)29-24(32)22-9-23(34-30-22)16-13-33-14-16;1-2/h9,15-21,28H,1-8,10-14H2,(H,29,32);1-2H3. The zero-order chi connectivity index (χ0) is 26.0. The summed E-state index contributed by atoms with van der Waals surface area (Å²) >= 11 is 2.05. The van der Waals surface area contributed by atoms with Gasteiger partial charge in [-0.1, -0.05) is 31.0 Å². The molecule has 4 heterocycles. The van der Waals surface area contributed by atoms with Crippen LogP contribution in [0.25, 0.3) is 0 Å². The number of carbonyl (C=O) groups excluding carboxylic acids is 1. The first kappa shape index (κ1) is 27.3. The van der Waals surface area contributed by atoms with Crippen LogP contribution in [0.5, 0.6) is 0 Å². The number of amides is 1. The predicted molar refractivity (Wildman–Crippen MR) is 140 cm³/mol. The molecule has 2 bridgehead atoms. The fraction of sp³-hybridized carbons (Fsp3) is 0.852. The van der Waals surface area contributed by atoms with Crippen molar-refractivity contribution in [1.29, 1.82) is 0 Å². The van der Waals surface area contributed by atoms with Crippen molar-refractivity contribution in [2.45, 2.75) is 119 Å². The molecule has 5 fully saturated rings. The third-order valence-electron chi connectivity index (χ3n) is 8.62. The van der Waals surface area contributed by atoms with E-state index in [0.29, 0.717) is 42.3 Å². The molecular formula is C27H42F2N4O3S. The maximum absolute atomic E-state index is 13.0. The second-order valence-corrected chi connectivity index (χ2v) is 12.7. The van der Waals surface area contributed by atoms with Gasteiger partial charge in [-0.3, -0.25) is 4.79 Å². The lowest BCUT2D eigenvalue weighted by Gasteiger charge is -2.41. The highest BCUT2D eigenvalue weighted by Gasteiger charge is 2.45. The molecule has 1 aromatic rings. The molecule has 2 N–H and O–H groups in total. The van der Waals surface area contributed by atoms with E-state index in [1.165, 1.54) is 25.7 Å². The van der Waals surface area contributed by atoms with Crippen molar-refractivity contribution in [2.75, 3.05) is 19.8 Å². The number of hydrogen-bond donors (Lipinski definition) is 2. The van der Waals surface area contributed by atoms with Gasteiger partial charge in [0.15, 0.2) is 5.69 Å². The van der Waals surface area contributed by atoms with Crippen molar-refractivity contribution < 1.29 is 22.8 Å². The Balaban J connectivity index is 0.00000137. The number of nitrogens with zero attached hydrogens (tertiary/aromatic N) is 2. The van der Waals surface area contributed by atoms with Gasteiger partial charge in [0.05, 0.1) is 19.1 Å². The van der Waals surface area contributed by atoms with E-state index in [1.807, 2.05) is 25.8 Å². The van der Waals surface area contributed by atoms with Crippen molar-refractivity contribution in [2.24, 2.45) is 5.92 Å². The zero-order valence-electron chi connectivity index (χ0n) is 22.1. The van der Waals surface area contributed by atoms with Crippen molar-refractivity contribution in [1.82, 2.24) is 20.1 Å². The van der Waals surface area contributed by atoms with Gasteiger partial charge in [0.1, 0.15) is 5.76 Å². The molecule has 0 radical (unpaired) electrons. The molecule has 2 unspecified atom stereocenters. The Morgan fingerprint density at radius 1 is 1.08 bits per heavy atom. The first-order chi connectivity index (χ1) is 17.9. The maximum atomic E-state index is 13.0. The predicted octanol–water partition coefficient (Wildman–Crippen LogP) is 5.13. The zero-order valence-corrected chi connectivity index (χ0v) is 22.9. The largest absolute Gasteiger partial charge is 0.380 e. The number of alkyl halides is 2. The third-order valence-corrected chi connectivity index (χ3v) is 10.2. The van der Waals surface area contributed by atoms with Gasteiger partial charge in [0.2, 0.25) is 5.92 Å². The second-order valence-electron chi connectivity index (χ2n) is 11.4. The van der Waals surface area contributed by atoms with Crippen LogP contribution in [0.2, 0.25) is 0 Å². The number of nitrogens with one attached hydrogen (secondary N) is 2. The Morgan fingerprint density at radius 3 is 2.35 bits per heavy atom. The van der Waals surface area contributed by atoms with Gasteiger partial charge in [-0.25, -0.2) is 13.1 Å². The van der Waals surface area contributed by atoms with Gasteiger partial charge in [0.25, 0.3) is 5.91 Å². The summed E-state index contributed by atoms with van der Waals surface area (Å²) < 4.78 is 39.3. The number of carbonyl (C=O) groups is 1. The minimum absolute atomic E-state index is 0.0555. The molecular weight excluding hydrogens is 498 g/mol. The molecule has 1 aromatic heterocycles. The molecule has 3 aliphatic heterocycles. The molecule has 2 aliphatic carbocycles. The lowest BCUT2D eigenvalue weighted by molar-refractivity contribution is -0.109. The van der Waals surface area contributed by atoms with Gasteiger partial charge in [-0.05, 0) is 63.8 Å². The highest BCUT2D eigenvalue weighted by molar-refractivity contribution is 7.97. The Morgan fingerprint density at radius 2 is 1.76 bits per heavy atom. The molecule has 37 heavy (non-hydrogen) atoms. The molecule has 6 rings (SSSR count). The molecule has 7 nitrogen and oxygen atoms in total. The van der Waals surface area contributed by atoms with Crippen molar-refractivity contribution >= 4 is 17.9 Å². The number of fused-ring (bicyclic) bond motifs is 2. The number of halogens is 2. The number of rotatable bonds is 8. The fourth-order valence-corrected chi connectivity index (χ4v) is 8.03. The van der Waals surface area contributed by atoms with Crippen LogP contribution in [0, 0.1) is 5.92 Å².